The molecule has 1 fully saturated rings. The second-order valence-electron chi connectivity index (χ2n) is 4.93. The summed E-state index contributed by atoms with van der Waals surface area (Å²) in [5.41, 5.74) is 3.78. The van der Waals surface area contributed by atoms with E-state index >= 15 is 0 Å². The highest BCUT2D eigenvalue weighted by Gasteiger charge is 2.12. The van der Waals surface area contributed by atoms with Gasteiger partial charge < -0.3 is 0 Å². The minimum atomic E-state index is 1.04. The van der Waals surface area contributed by atoms with E-state index in [1.807, 2.05) is 18.5 Å². The summed E-state index contributed by atoms with van der Waals surface area (Å²) in [6.45, 7) is 3.50. The van der Waals surface area contributed by atoms with Crippen LogP contribution in [-0.2, 0) is 6.54 Å². The number of hydrogen-bond acceptors (Lipinski definition) is 2. The molecule has 1 aromatic carbocycles. The molecule has 2 heteroatoms. The SMILES string of the molecule is c1ccc(-c2cncc(CN3CCCC3)c2)cc1. The monoisotopic (exact) mass is 238 g/mol. The third-order valence-electron chi connectivity index (χ3n) is 3.51. The predicted molar refractivity (Wildman–Crippen MR) is 74.2 cm³/mol. The van der Waals surface area contributed by atoms with Crippen LogP contribution in [0.1, 0.15) is 18.4 Å². The Morgan fingerprint density at radius 1 is 0.944 bits per heavy atom. The van der Waals surface area contributed by atoms with Crippen LogP contribution in [0.4, 0.5) is 0 Å². The molecule has 0 atom stereocenters. The molecule has 0 aliphatic carbocycles. The van der Waals surface area contributed by atoms with Gasteiger partial charge in [0, 0.05) is 24.5 Å². The van der Waals surface area contributed by atoms with Gasteiger partial charge in [0.15, 0.2) is 0 Å². The third-order valence-corrected chi connectivity index (χ3v) is 3.51. The molecule has 0 saturated carbocycles. The number of pyridine rings is 1. The van der Waals surface area contributed by atoms with Crippen LogP contribution in [0, 0.1) is 0 Å². The zero-order valence-electron chi connectivity index (χ0n) is 10.5. The van der Waals surface area contributed by atoms with Gasteiger partial charge >= 0.3 is 0 Å². The first-order valence-electron chi connectivity index (χ1n) is 6.63. The van der Waals surface area contributed by atoms with Crippen LogP contribution in [0.25, 0.3) is 11.1 Å². The summed E-state index contributed by atoms with van der Waals surface area (Å²) in [7, 11) is 0. The molecule has 1 aliphatic heterocycles. The van der Waals surface area contributed by atoms with Crippen LogP contribution in [0.5, 0.6) is 0 Å². The molecule has 1 aliphatic rings. The van der Waals surface area contributed by atoms with Crippen molar-refractivity contribution in [2.75, 3.05) is 13.1 Å². The second kappa shape index (κ2) is 5.32. The molecule has 0 amide bonds. The number of nitrogens with zero attached hydrogens (tertiary/aromatic N) is 2. The summed E-state index contributed by atoms with van der Waals surface area (Å²) < 4.78 is 0. The van der Waals surface area contributed by atoms with Crippen LogP contribution >= 0.6 is 0 Å². The van der Waals surface area contributed by atoms with Gasteiger partial charge in [0.25, 0.3) is 0 Å². The van der Waals surface area contributed by atoms with E-state index < -0.39 is 0 Å². The van der Waals surface area contributed by atoms with Crippen LogP contribution in [-0.4, -0.2) is 23.0 Å². The van der Waals surface area contributed by atoms with Crippen molar-refractivity contribution in [2.24, 2.45) is 0 Å². The Balaban J connectivity index is 1.80. The van der Waals surface area contributed by atoms with Gasteiger partial charge in [-0.25, -0.2) is 0 Å². The van der Waals surface area contributed by atoms with E-state index in [1.165, 1.54) is 42.6 Å². The lowest BCUT2D eigenvalue weighted by molar-refractivity contribution is 0.331. The summed E-state index contributed by atoms with van der Waals surface area (Å²) >= 11 is 0. The maximum atomic E-state index is 4.38. The molecule has 0 radical (unpaired) electrons. The highest BCUT2D eigenvalue weighted by molar-refractivity contribution is 5.62. The average molecular weight is 238 g/mol. The molecular formula is C16H18N2. The molecule has 2 heterocycles. The molecule has 18 heavy (non-hydrogen) atoms. The molecule has 0 unspecified atom stereocenters. The fourth-order valence-electron chi connectivity index (χ4n) is 2.56. The topological polar surface area (TPSA) is 16.1 Å². The van der Waals surface area contributed by atoms with Gasteiger partial charge in [-0.15, -0.1) is 0 Å². The molecule has 0 bridgehead atoms. The van der Waals surface area contributed by atoms with E-state index in [-0.39, 0.29) is 0 Å². The largest absolute Gasteiger partial charge is 0.299 e. The van der Waals surface area contributed by atoms with Gasteiger partial charge in [0.1, 0.15) is 0 Å². The van der Waals surface area contributed by atoms with Crippen molar-refractivity contribution in [3.8, 4) is 11.1 Å². The first kappa shape index (κ1) is 11.4. The van der Waals surface area contributed by atoms with Crippen molar-refractivity contribution in [1.29, 1.82) is 0 Å². The van der Waals surface area contributed by atoms with Crippen molar-refractivity contribution in [3.63, 3.8) is 0 Å². The van der Waals surface area contributed by atoms with Crippen molar-refractivity contribution in [3.05, 3.63) is 54.4 Å². The Labute approximate surface area is 108 Å². The fourth-order valence-corrected chi connectivity index (χ4v) is 2.56. The van der Waals surface area contributed by atoms with E-state index in [0.29, 0.717) is 0 Å². The lowest BCUT2D eigenvalue weighted by Crippen LogP contribution is -2.18. The first-order chi connectivity index (χ1) is 8.92. The minimum Gasteiger partial charge on any atom is -0.299 e. The fraction of sp³-hybridized carbons (Fsp3) is 0.312. The lowest BCUT2D eigenvalue weighted by Gasteiger charge is -2.14. The Morgan fingerprint density at radius 2 is 1.72 bits per heavy atom. The number of rotatable bonds is 3. The second-order valence-corrected chi connectivity index (χ2v) is 4.93. The highest BCUT2D eigenvalue weighted by Crippen LogP contribution is 2.20. The van der Waals surface area contributed by atoms with Gasteiger partial charge in [-0.3, -0.25) is 9.88 Å². The summed E-state index contributed by atoms with van der Waals surface area (Å²) in [6, 6.07) is 12.7. The molecule has 0 spiro atoms. The van der Waals surface area contributed by atoms with Crippen LogP contribution in [0.3, 0.4) is 0 Å². The molecule has 2 aromatic rings. The van der Waals surface area contributed by atoms with E-state index in [2.05, 4.69) is 40.2 Å². The molecule has 2 nitrogen and oxygen atoms in total. The van der Waals surface area contributed by atoms with E-state index in [9.17, 15) is 0 Å². The Bertz CT molecular complexity index is 502. The number of hydrogen-bond donors (Lipinski definition) is 0. The molecule has 92 valence electrons. The van der Waals surface area contributed by atoms with Crippen LogP contribution in [0.2, 0.25) is 0 Å². The Hall–Kier alpha value is -1.67. The van der Waals surface area contributed by atoms with Crippen LogP contribution < -0.4 is 0 Å². The van der Waals surface area contributed by atoms with Gasteiger partial charge in [0.2, 0.25) is 0 Å². The highest BCUT2D eigenvalue weighted by atomic mass is 15.1. The first-order valence-corrected chi connectivity index (χ1v) is 6.63. The standard InChI is InChI=1S/C16H18N2/c1-2-6-15(7-3-1)16-10-14(11-17-12-16)13-18-8-4-5-9-18/h1-3,6-7,10-12H,4-5,8-9,13H2. The molecule has 0 N–H and O–H groups in total. The van der Waals surface area contributed by atoms with Gasteiger partial charge in [-0.1, -0.05) is 30.3 Å². The lowest BCUT2D eigenvalue weighted by atomic mass is 10.1. The molecule has 1 aromatic heterocycles. The smallest absolute Gasteiger partial charge is 0.0346 e. The zero-order chi connectivity index (χ0) is 12.2. The van der Waals surface area contributed by atoms with E-state index in [0.717, 1.165) is 6.54 Å². The summed E-state index contributed by atoms with van der Waals surface area (Å²) in [6.07, 6.45) is 6.62. The predicted octanol–water partition coefficient (Wildman–Crippen LogP) is 3.34. The number of likely N-dealkylation sites (tertiary alicyclic amines) is 1. The van der Waals surface area contributed by atoms with Crippen molar-refractivity contribution >= 4 is 0 Å². The van der Waals surface area contributed by atoms with Crippen molar-refractivity contribution < 1.29 is 0 Å². The molecule has 1 saturated heterocycles. The van der Waals surface area contributed by atoms with Crippen LogP contribution in [0.15, 0.2) is 48.8 Å². The summed E-state index contributed by atoms with van der Waals surface area (Å²) in [4.78, 5) is 6.88. The maximum absolute atomic E-state index is 4.38. The van der Waals surface area contributed by atoms with Crippen molar-refractivity contribution in [1.82, 2.24) is 9.88 Å². The van der Waals surface area contributed by atoms with E-state index in [1.54, 1.807) is 0 Å². The number of aromatic nitrogens is 1. The molecular weight excluding hydrogens is 220 g/mol. The quantitative estimate of drug-likeness (QED) is 0.815. The van der Waals surface area contributed by atoms with E-state index in [4.69, 9.17) is 0 Å². The Kier molecular flexibility index (Phi) is 3.37. The average Bonchev–Trinajstić information content (AvgIpc) is 2.93. The van der Waals surface area contributed by atoms with Gasteiger partial charge in [0.05, 0.1) is 0 Å². The zero-order valence-corrected chi connectivity index (χ0v) is 10.5. The summed E-state index contributed by atoms with van der Waals surface area (Å²) in [5, 5.41) is 0. The third kappa shape index (κ3) is 2.59. The van der Waals surface area contributed by atoms with Crippen molar-refractivity contribution in [2.45, 2.75) is 19.4 Å². The summed E-state index contributed by atoms with van der Waals surface area (Å²) in [5.74, 6) is 0. The molecule has 3 rings (SSSR count). The Morgan fingerprint density at radius 3 is 2.50 bits per heavy atom. The number of benzene rings is 1. The van der Waals surface area contributed by atoms with Gasteiger partial charge in [-0.2, -0.15) is 0 Å². The normalized spacial score (nSPS) is 16.0. The maximum Gasteiger partial charge on any atom is 0.0346 e. The van der Waals surface area contributed by atoms with Gasteiger partial charge in [-0.05, 0) is 43.1 Å². The minimum absolute atomic E-state index is 1.04.